The van der Waals surface area contributed by atoms with Gasteiger partial charge in [0.25, 0.3) is 0 Å². The first kappa shape index (κ1) is 23.5. The van der Waals surface area contributed by atoms with Gasteiger partial charge in [-0.15, -0.1) is 11.3 Å². The number of carbonyl (C=O) groups excluding carboxylic acids is 1. The fourth-order valence-corrected chi connectivity index (χ4v) is 5.51. The van der Waals surface area contributed by atoms with Crippen molar-refractivity contribution in [3.8, 4) is 11.5 Å². The molecule has 35 heavy (non-hydrogen) atoms. The van der Waals surface area contributed by atoms with Gasteiger partial charge in [-0.25, -0.2) is 15.0 Å². The fraction of sp³-hybridized carbons (Fsp3) is 0.231. The lowest BCUT2D eigenvalue weighted by atomic mass is 9.94. The Morgan fingerprint density at radius 1 is 1.11 bits per heavy atom. The van der Waals surface area contributed by atoms with Gasteiger partial charge in [0, 0.05) is 34.7 Å². The number of thiazole rings is 1. The number of anilines is 2. The molecule has 178 valence electrons. The Kier molecular flexibility index (Phi) is 7.67. The summed E-state index contributed by atoms with van der Waals surface area (Å²) in [6.45, 7) is 2.37. The van der Waals surface area contributed by atoms with Crippen LogP contribution in [0.3, 0.4) is 0 Å². The number of pyridine rings is 2. The monoisotopic (exact) mass is 503 g/mol. The highest BCUT2D eigenvalue weighted by molar-refractivity contribution is 7.99. The number of para-hydroxylation sites is 1. The van der Waals surface area contributed by atoms with E-state index in [1.54, 1.807) is 17.5 Å². The van der Waals surface area contributed by atoms with Crippen LogP contribution in [-0.4, -0.2) is 45.8 Å². The number of hydrogen-bond acceptors (Lipinski definition) is 9. The number of carbonyl (C=O) groups is 1. The van der Waals surface area contributed by atoms with E-state index in [-0.39, 0.29) is 0 Å². The number of ether oxygens (including phenoxy) is 1. The van der Waals surface area contributed by atoms with E-state index >= 15 is 0 Å². The van der Waals surface area contributed by atoms with E-state index < -0.39 is 0 Å². The molecule has 1 saturated heterocycles. The molecule has 7 nitrogen and oxygen atoms in total. The van der Waals surface area contributed by atoms with Crippen LogP contribution < -0.4 is 10.1 Å². The number of aldehydes is 1. The lowest BCUT2D eigenvalue weighted by Crippen LogP contribution is -2.34. The zero-order valence-electron chi connectivity index (χ0n) is 19.0. The first-order valence-corrected chi connectivity index (χ1v) is 13.2. The van der Waals surface area contributed by atoms with Gasteiger partial charge < -0.3 is 14.8 Å². The summed E-state index contributed by atoms with van der Waals surface area (Å²) >= 11 is 3.10. The van der Waals surface area contributed by atoms with Gasteiger partial charge in [0.2, 0.25) is 0 Å². The number of nitrogens with zero attached hydrogens (tertiary/aromatic N) is 4. The van der Waals surface area contributed by atoms with Crippen LogP contribution >= 0.6 is 23.1 Å². The third-order valence-corrected chi connectivity index (χ3v) is 7.43. The first-order valence-electron chi connectivity index (χ1n) is 11.5. The summed E-state index contributed by atoms with van der Waals surface area (Å²) in [4.78, 5) is 27.8. The largest absolute Gasteiger partial charge is 0.453 e. The van der Waals surface area contributed by atoms with Crippen LogP contribution in [0.25, 0.3) is 0 Å². The molecule has 5 rings (SSSR count). The van der Waals surface area contributed by atoms with Crippen LogP contribution in [0, 0.1) is 0 Å². The van der Waals surface area contributed by atoms with Gasteiger partial charge in [-0.2, -0.15) is 0 Å². The highest BCUT2D eigenvalue weighted by atomic mass is 32.2. The molecule has 1 N–H and O–H groups in total. The zero-order valence-corrected chi connectivity index (χ0v) is 20.7. The van der Waals surface area contributed by atoms with Crippen LogP contribution in [0.4, 0.5) is 10.9 Å². The number of nitrogens with one attached hydrogen (secondary N) is 1. The van der Waals surface area contributed by atoms with Crippen molar-refractivity contribution in [3.63, 3.8) is 0 Å². The van der Waals surface area contributed by atoms with Crippen molar-refractivity contribution in [2.45, 2.75) is 28.7 Å². The molecule has 0 saturated carbocycles. The molecule has 3 aromatic heterocycles. The predicted molar refractivity (Wildman–Crippen MR) is 139 cm³/mol. The number of likely N-dealkylation sites (tertiary alicyclic amines) is 1. The Balaban J connectivity index is 1.33. The normalized spacial score (nSPS) is 14.5. The molecule has 0 bridgehead atoms. The smallest absolute Gasteiger partial charge is 0.188 e. The number of aromatic nitrogens is 3. The van der Waals surface area contributed by atoms with E-state index in [0.717, 1.165) is 58.7 Å². The standard InChI is InChI=1S/C26H25N5O2S2/c32-15-14-31-12-9-19(10-13-31)22-18-34-26(29-22)30-25-23(33-20-6-2-1-3-7-20)16-21(17-28-25)35-24-8-4-5-11-27-24/h1-8,11,15-19H,9-10,12-14H2,(H,28,29,30). The highest BCUT2D eigenvalue weighted by Crippen LogP contribution is 2.37. The fourth-order valence-electron chi connectivity index (χ4n) is 3.95. The van der Waals surface area contributed by atoms with Gasteiger partial charge in [-0.3, -0.25) is 4.90 Å². The number of rotatable bonds is 9. The van der Waals surface area contributed by atoms with E-state index in [4.69, 9.17) is 9.72 Å². The predicted octanol–water partition coefficient (Wildman–Crippen LogP) is 6.00. The van der Waals surface area contributed by atoms with E-state index in [0.29, 0.717) is 24.0 Å². The van der Waals surface area contributed by atoms with Gasteiger partial charge in [0.1, 0.15) is 17.1 Å². The molecular formula is C26H25N5O2S2. The summed E-state index contributed by atoms with van der Waals surface area (Å²) in [6.07, 6.45) is 6.59. The van der Waals surface area contributed by atoms with Crippen molar-refractivity contribution in [1.29, 1.82) is 0 Å². The van der Waals surface area contributed by atoms with Gasteiger partial charge >= 0.3 is 0 Å². The number of hydrogen-bond donors (Lipinski definition) is 1. The molecule has 1 aliphatic rings. The molecular weight excluding hydrogens is 478 g/mol. The molecule has 0 spiro atoms. The second kappa shape index (κ2) is 11.4. The van der Waals surface area contributed by atoms with Gasteiger partial charge in [0.15, 0.2) is 16.7 Å². The molecule has 1 aliphatic heterocycles. The lowest BCUT2D eigenvalue weighted by Gasteiger charge is -2.29. The minimum atomic E-state index is 0.412. The molecule has 0 unspecified atom stereocenters. The molecule has 0 amide bonds. The maximum absolute atomic E-state index is 10.8. The second-order valence-corrected chi connectivity index (χ2v) is 10.1. The Hall–Kier alpha value is -3.27. The SMILES string of the molecule is O=CCN1CCC(c2csc(Nc3ncc(Sc4ccccn4)cc3Oc3ccccc3)n2)CC1. The van der Waals surface area contributed by atoms with Gasteiger partial charge in [-0.05, 0) is 50.2 Å². The van der Waals surface area contributed by atoms with E-state index in [1.165, 1.54) is 11.8 Å². The van der Waals surface area contributed by atoms with E-state index in [1.807, 2.05) is 60.8 Å². The van der Waals surface area contributed by atoms with E-state index in [2.05, 4.69) is 25.6 Å². The molecule has 0 radical (unpaired) electrons. The van der Waals surface area contributed by atoms with Crippen LogP contribution in [0.1, 0.15) is 24.5 Å². The maximum atomic E-state index is 10.8. The number of piperidine rings is 1. The molecule has 1 fully saturated rings. The molecule has 4 heterocycles. The highest BCUT2D eigenvalue weighted by Gasteiger charge is 2.22. The molecule has 0 aliphatic carbocycles. The van der Waals surface area contributed by atoms with Gasteiger partial charge in [-0.1, -0.05) is 36.0 Å². The summed E-state index contributed by atoms with van der Waals surface area (Å²) < 4.78 is 6.20. The van der Waals surface area contributed by atoms with E-state index in [9.17, 15) is 4.79 Å². The first-order chi connectivity index (χ1) is 17.3. The number of benzene rings is 1. The molecule has 4 aromatic rings. The average Bonchev–Trinajstić information content (AvgIpc) is 3.36. The van der Waals surface area contributed by atoms with Crippen molar-refractivity contribution < 1.29 is 9.53 Å². The minimum Gasteiger partial charge on any atom is -0.453 e. The molecule has 1 aromatic carbocycles. The summed E-state index contributed by atoms with van der Waals surface area (Å²) in [6, 6.07) is 17.5. The van der Waals surface area contributed by atoms with Crippen LogP contribution in [0.15, 0.2) is 82.3 Å². The maximum Gasteiger partial charge on any atom is 0.188 e. The third kappa shape index (κ3) is 6.25. The lowest BCUT2D eigenvalue weighted by molar-refractivity contribution is -0.109. The zero-order chi connectivity index (χ0) is 23.9. The van der Waals surface area contributed by atoms with Crippen LogP contribution in [0.2, 0.25) is 0 Å². The van der Waals surface area contributed by atoms with Crippen LogP contribution in [0.5, 0.6) is 11.5 Å². The van der Waals surface area contributed by atoms with Crippen molar-refractivity contribution in [3.05, 3.63) is 78.1 Å². The van der Waals surface area contributed by atoms with Crippen molar-refractivity contribution in [2.24, 2.45) is 0 Å². The Morgan fingerprint density at radius 3 is 2.71 bits per heavy atom. The second-order valence-electron chi connectivity index (χ2n) is 8.15. The summed E-state index contributed by atoms with van der Waals surface area (Å²) in [7, 11) is 0. The molecule has 0 atom stereocenters. The topological polar surface area (TPSA) is 80.2 Å². The Morgan fingerprint density at radius 2 is 1.94 bits per heavy atom. The van der Waals surface area contributed by atoms with Crippen molar-refractivity contribution in [1.82, 2.24) is 19.9 Å². The third-order valence-electron chi connectivity index (χ3n) is 5.74. The molecule has 9 heteroatoms. The van der Waals surface area contributed by atoms with Gasteiger partial charge in [0.05, 0.1) is 12.2 Å². The minimum absolute atomic E-state index is 0.412. The Labute approximate surface area is 212 Å². The van der Waals surface area contributed by atoms with Crippen LogP contribution in [-0.2, 0) is 4.79 Å². The van der Waals surface area contributed by atoms with Crippen molar-refractivity contribution >= 4 is 40.3 Å². The van der Waals surface area contributed by atoms with Crippen molar-refractivity contribution in [2.75, 3.05) is 25.0 Å². The summed E-state index contributed by atoms with van der Waals surface area (Å²) in [5, 5.41) is 7.15. The summed E-state index contributed by atoms with van der Waals surface area (Å²) in [5.41, 5.74) is 1.09. The Bertz CT molecular complexity index is 1250. The quantitative estimate of drug-likeness (QED) is 0.279. The summed E-state index contributed by atoms with van der Waals surface area (Å²) in [5.74, 6) is 2.38. The average molecular weight is 504 g/mol.